The smallest absolute Gasteiger partial charge is 0.372 e. The van der Waals surface area contributed by atoms with Crippen molar-refractivity contribution in [3.8, 4) is 0 Å². The normalized spacial score (nSPS) is 14.2. The zero-order valence-electron chi connectivity index (χ0n) is 13.9. The van der Waals surface area contributed by atoms with Crippen LogP contribution >= 0.6 is 0 Å². The molecule has 2 N–H and O–H groups in total. The van der Waals surface area contributed by atoms with Crippen LogP contribution in [-0.4, -0.2) is 34.8 Å². The number of amides is 1. The lowest BCUT2D eigenvalue weighted by atomic mass is 9.97. The molecule has 2 aromatic carbocycles. The predicted octanol–water partition coefficient (Wildman–Crippen LogP) is 4.10. The first-order valence-electron chi connectivity index (χ1n) is 7.70. The van der Waals surface area contributed by atoms with E-state index in [-0.39, 0.29) is 11.3 Å². The fourth-order valence-corrected chi connectivity index (χ4v) is 2.29. The van der Waals surface area contributed by atoms with Gasteiger partial charge in [-0.1, -0.05) is 30.3 Å². The molecule has 1 unspecified atom stereocenters. The highest BCUT2D eigenvalue weighted by molar-refractivity contribution is 6.09. The highest BCUT2D eigenvalue weighted by atomic mass is 19.4. The van der Waals surface area contributed by atoms with Gasteiger partial charge in [-0.05, 0) is 24.3 Å². The quantitative estimate of drug-likeness (QED) is 0.582. The van der Waals surface area contributed by atoms with E-state index in [9.17, 15) is 41.0 Å². The Morgan fingerprint density at radius 3 is 1.79 bits per heavy atom. The lowest BCUT2D eigenvalue weighted by molar-refractivity contribution is -0.280. The first-order chi connectivity index (χ1) is 12.8. The Morgan fingerprint density at radius 1 is 0.821 bits per heavy atom. The van der Waals surface area contributed by atoms with Gasteiger partial charge in [-0.25, -0.2) is 0 Å². The average molecular weight is 405 g/mol. The van der Waals surface area contributed by atoms with Crippen molar-refractivity contribution < 1.29 is 41.0 Å². The zero-order chi connectivity index (χ0) is 21.2. The fraction of sp³-hybridized carbons (Fsp3) is 0.222. The van der Waals surface area contributed by atoms with Crippen LogP contribution in [0.1, 0.15) is 22.3 Å². The fourth-order valence-electron chi connectivity index (χ4n) is 2.29. The largest absolute Gasteiger partial charge is 0.426 e. The molecule has 0 saturated heterocycles. The van der Waals surface area contributed by atoms with Crippen molar-refractivity contribution in [3.63, 3.8) is 0 Å². The van der Waals surface area contributed by atoms with Crippen molar-refractivity contribution in [1.29, 1.82) is 0 Å². The number of benzene rings is 2. The Hall–Kier alpha value is -2.88. The van der Waals surface area contributed by atoms with E-state index < -0.39 is 36.1 Å². The van der Waals surface area contributed by atoms with E-state index in [1.807, 2.05) is 0 Å². The molecule has 1 atom stereocenters. The molecule has 0 saturated carbocycles. The molecule has 10 heteroatoms. The molecular formula is C18H13F6NO3. The molecule has 2 rings (SSSR count). The van der Waals surface area contributed by atoms with Crippen LogP contribution in [0.5, 0.6) is 0 Å². The van der Waals surface area contributed by atoms with Gasteiger partial charge in [-0.2, -0.15) is 26.3 Å². The minimum atomic E-state index is -5.85. The summed E-state index contributed by atoms with van der Waals surface area (Å²) >= 11 is 0. The molecule has 0 aliphatic rings. The minimum Gasteiger partial charge on any atom is -0.372 e. The van der Waals surface area contributed by atoms with Crippen molar-refractivity contribution in [2.45, 2.75) is 24.4 Å². The van der Waals surface area contributed by atoms with Crippen LogP contribution in [0, 0.1) is 0 Å². The molecule has 28 heavy (non-hydrogen) atoms. The van der Waals surface area contributed by atoms with E-state index in [2.05, 4.69) is 0 Å². The molecule has 0 aromatic heterocycles. The van der Waals surface area contributed by atoms with Crippen molar-refractivity contribution in [1.82, 2.24) is 0 Å². The third kappa shape index (κ3) is 4.89. The third-order valence-electron chi connectivity index (χ3n) is 3.74. The van der Waals surface area contributed by atoms with Gasteiger partial charge in [0, 0.05) is 16.8 Å². The number of ketones is 1. The van der Waals surface area contributed by atoms with Gasteiger partial charge in [0.1, 0.15) is 0 Å². The Labute approximate surface area is 154 Å². The predicted molar refractivity (Wildman–Crippen MR) is 86.6 cm³/mol. The number of anilines is 1. The standard InChI is InChI=1S/C18H13F6NO3/c19-17(20,21)10-16(28,18(22,23)24)15(27)25-13-8-6-12(7-9-13)14(26)11-4-2-1-3-5-11/h1-9,28H,10H2,(H,25,27). The number of carbonyl (C=O) groups is 2. The highest BCUT2D eigenvalue weighted by Crippen LogP contribution is 2.40. The summed E-state index contributed by atoms with van der Waals surface area (Å²) in [5, 5.41) is 11.0. The lowest BCUT2D eigenvalue weighted by Gasteiger charge is -2.29. The van der Waals surface area contributed by atoms with Crippen molar-refractivity contribution in [3.05, 3.63) is 65.7 Å². The molecule has 0 spiro atoms. The third-order valence-corrected chi connectivity index (χ3v) is 3.74. The van der Waals surface area contributed by atoms with Crippen LogP contribution in [-0.2, 0) is 4.79 Å². The maximum Gasteiger partial charge on any atom is 0.426 e. The van der Waals surface area contributed by atoms with Crippen molar-refractivity contribution in [2.24, 2.45) is 0 Å². The average Bonchev–Trinajstić information content (AvgIpc) is 2.60. The zero-order valence-corrected chi connectivity index (χ0v) is 13.9. The second kappa shape index (κ2) is 7.63. The summed E-state index contributed by atoms with van der Waals surface area (Å²) in [6, 6.07) is 12.5. The number of halogens is 6. The Morgan fingerprint density at radius 2 is 1.32 bits per heavy atom. The van der Waals surface area contributed by atoms with Gasteiger partial charge in [0.2, 0.25) is 5.60 Å². The summed E-state index contributed by atoms with van der Waals surface area (Å²) < 4.78 is 75.9. The van der Waals surface area contributed by atoms with Crippen LogP contribution in [0.15, 0.2) is 54.6 Å². The molecule has 1 amide bonds. The molecule has 0 heterocycles. The summed E-state index contributed by atoms with van der Waals surface area (Å²) in [7, 11) is 0. The SMILES string of the molecule is O=C(c1ccccc1)c1ccc(NC(=O)C(O)(CC(F)(F)F)C(F)(F)F)cc1. The first kappa shape index (κ1) is 21.4. The molecule has 4 nitrogen and oxygen atoms in total. The van der Waals surface area contributed by atoms with E-state index in [1.54, 1.807) is 35.6 Å². The van der Waals surface area contributed by atoms with Crippen LogP contribution in [0.4, 0.5) is 32.0 Å². The van der Waals surface area contributed by atoms with Crippen LogP contribution in [0.3, 0.4) is 0 Å². The van der Waals surface area contributed by atoms with Gasteiger partial charge in [0.05, 0.1) is 6.42 Å². The number of alkyl halides is 6. The topological polar surface area (TPSA) is 66.4 Å². The molecule has 150 valence electrons. The van der Waals surface area contributed by atoms with E-state index in [0.717, 1.165) is 12.1 Å². The first-order valence-corrected chi connectivity index (χ1v) is 7.70. The monoisotopic (exact) mass is 405 g/mol. The Kier molecular flexibility index (Phi) is 5.83. The van der Waals surface area contributed by atoms with Gasteiger partial charge in [-0.3, -0.25) is 9.59 Å². The Balaban J connectivity index is 2.20. The van der Waals surface area contributed by atoms with Crippen LogP contribution in [0.2, 0.25) is 0 Å². The molecule has 0 radical (unpaired) electrons. The second-order valence-corrected chi connectivity index (χ2v) is 5.88. The highest BCUT2D eigenvalue weighted by Gasteiger charge is 2.63. The maximum absolute atomic E-state index is 12.9. The van der Waals surface area contributed by atoms with Crippen LogP contribution in [0.25, 0.3) is 0 Å². The molecular weight excluding hydrogens is 392 g/mol. The van der Waals surface area contributed by atoms with Gasteiger partial charge >= 0.3 is 12.4 Å². The van der Waals surface area contributed by atoms with E-state index >= 15 is 0 Å². The summed E-state index contributed by atoms with van der Waals surface area (Å²) in [6.45, 7) is 0. The molecule has 2 aromatic rings. The summed E-state index contributed by atoms with van der Waals surface area (Å²) in [5.41, 5.74) is -4.48. The number of carbonyl (C=O) groups excluding carboxylic acids is 2. The summed E-state index contributed by atoms with van der Waals surface area (Å²) in [4.78, 5) is 24.0. The number of hydrogen-bond acceptors (Lipinski definition) is 3. The van der Waals surface area contributed by atoms with E-state index in [0.29, 0.717) is 5.56 Å². The number of rotatable bonds is 5. The van der Waals surface area contributed by atoms with Crippen molar-refractivity contribution >= 4 is 17.4 Å². The number of aliphatic hydroxyl groups is 1. The molecule has 0 aliphatic heterocycles. The molecule has 0 fully saturated rings. The lowest BCUT2D eigenvalue weighted by Crippen LogP contribution is -2.57. The maximum atomic E-state index is 12.9. The van der Waals surface area contributed by atoms with Gasteiger partial charge < -0.3 is 10.4 Å². The van der Waals surface area contributed by atoms with Crippen molar-refractivity contribution in [2.75, 3.05) is 5.32 Å². The molecule has 0 bridgehead atoms. The Bertz CT molecular complexity index is 846. The number of hydrogen-bond donors (Lipinski definition) is 2. The second-order valence-electron chi connectivity index (χ2n) is 5.88. The van der Waals surface area contributed by atoms with E-state index in [4.69, 9.17) is 0 Å². The van der Waals surface area contributed by atoms with Gasteiger partial charge in [0.15, 0.2) is 5.78 Å². The minimum absolute atomic E-state index is 0.144. The van der Waals surface area contributed by atoms with Gasteiger partial charge in [0.25, 0.3) is 5.91 Å². The van der Waals surface area contributed by atoms with E-state index in [1.165, 1.54) is 12.1 Å². The summed E-state index contributed by atoms with van der Waals surface area (Å²) in [6.07, 6.45) is -14.1. The van der Waals surface area contributed by atoms with Crippen LogP contribution < -0.4 is 5.32 Å². The molecule has 0 aliphatic carbocycles. The summed E-state index contributed by atoms with van der Waals surface area (Å²) in [5.74, 6) is -2.68. The van der Waals surface area contributed by atoms with Gasteiger partial charge in [-0.15, -0.1) is 0 Å². The number of nitrogens with one attached hydrogen (secondary N) is 1.